The molecule has 0 saturated carbocycles. The van der Waals surface area contributed by atoms with Crippen molar-refractivity contribution in [3.8, 4) is 11.4 Å². The van der Waals surface area contributed by atoms with Crippen LogP contribution in [-0.4, -0.2) is 27.2 Å². The van der Waals surface area contributed by atoms with Crippen LogP contribution in [0.5, 0.6) is 0 Å². The summed E-state index contributed by atoms with van der Waals surface area (Å²) in [5.41, 5.74) is 7.03. The lowest BCUT2D eigenvalue weighted by Crippen LogP contribution is -2.13. The molecule has 2 aromatic rings. The predicted octanol–water partition coefficient (Wildman–Crippen LogP) is 1.55. The molecule has 6 heteroatoms. The van der Waals surface area contributed by atoms with E-state index in [1.165, 1.54) is 0 Å². The van der Waals surface area contributed by atoms with Crippen LogP contribution >= 0.6 is 0 Å². The molecule has 106 valence electrons. The maximum absolute atomic E-state index is 11.9. The number of aryl methyl sites for hydroxylation is 1. The topological polar surface area (TPSA) is 85.8 Å². The van der Waals surface area contributed by atoms with Gasteiger partial charge in [-0.05, 0) is 31.5 Å². The maximum Gasteiger partial charge on any atom is 0.224 e. The van der Waals surface area contributed by atoms with Gasteiger partial charge in [0.15, 0.2) is 5.82 Å². The summed E-state index contributed by atoms with van der Waals surface area (Å²) in [5.74, 6) is 0.718. The Morgan fingerprint density at radius 2 is 2.15 bits per heavy atom. The average molecular weight is 273 g/mol. The number of carbonyl (C=O) groups excluding carboxylic acids is 1. The smallest absolute Gasteiger partial charge is 0.224 e. The molecule has 0 aliphatic carbocycles. The number of para-hydroxylation sites is 1. The molecule has 1 heterocycles. The number of carbonyl (C=O) groups is 1. The van der Waals surface area contributed by atoms with E-state index in [0.717, 1.165) is 29.9 Å². The van der Waals surface area contributed by atoms with E-state index in [9.17, 15) is 4.79 Å². The predicted molar refractivity (Wildman–Crippen MR) is 78.0 cm³/mol. The number of amides is 1. The van der Waals surface area contributed by atoms with E-state index in [1.807, 2.05) is 35.9 Å². The van der Waals surface area contributed by atoms with E-state index in [2.05, 4.69) is 15.5 Å². The van der Waals surface area contributed by atoms with Gasteiger partial charge in [-0.25, -0.2) is 0 Å². The molecule has 0 spiro atoms. The molecule has 0 unspecified atom stereocenters. The summed E-state index contributed by atoms with van der Waals surface area (Å²) in [6, 6.07) is 7.58. The highest BCUT2D eigenvalue weighted by Crippen LogP contribution is 2.25. The molecule has 0 saturated heterocycles. The summed E-state index contributed by atoms with van der Waals surface area (Å²) in [4.78, 5) is 11.9. The Hall–Kier alpha value is -2.21. The van der Waals surface area contributed by atoms with Crippen molar-refractivity contribution in [2.75, 3.05) is 11.9 Å². The minimum absolute atomic E-state index is 0.00642. The van der Waals surface area contributed by atoms with Gasteiger partial charge in [0.1, 0.15) is 6.33 Å². The van der Waals surface area contributed by atoms with Gasteiger partial charge in [0, 0.05) is 19.0 Å². The summed E-state index contributed by atoms with van der Waals surface area (Å²) in [7, 11) is 1.87. The van der Waals surface area contributed by atoms with Crippen LogP contribution in [0.3, 0.4) is 0 Å². The van der Waals surface area contributed by atoms with E-state index in [0.29, 0.717) is 13.0 Å². The van der Waals surface area contributed by atoms with E-state index < -0.39 is 0 Å². The second-order valence-corrected chi connectivity index (χ2v) is 4.60. The van der Waals surface area contributed by atoms with Crippen LogP contribution in [0.25, 0.3) is 11.4 Å². The molecular formula is C14H19N5O. The summed E-state index contributed by atoms with van der Waals surface area (Å²) < 4.78 is 1.82. The second kappa shape index (κ2) is 6.81. The van der Waals surface area contributed by atoms with Crippen LogP contribution in [0.2, 0.25) is 0 Å². The fourth-order valence-corrected chi connectivity index (χ4v) is 1.96. The number of anilines is 1. The molecule has 0 aliphatic heterocycles. The highest BCUT2D eigenvalue weighted by Gasteiger charge is 2.11. The lowest BCUT2D eigenvalue weighted by molar-refractivity contribution is -0.116. The normalized spacial score (nSPS) is 10.5. The summed E-state index contributed by atoms with van der Waals surface area (Å²) in [6.45, 7) is 0.614. The van der Waals surface area contributed by atoms with Gasteiger partial charge < -0.3 is 15.6 Å². The lowest BCUT2D eigenvalue weighted by atomic mass is 10.1. The summed E-state index contributed by atoms with van der Waals surface area (Å²) in [6.07, 6.45) is 3.77. The molecule has 0 radical (unpaired) electrons. The third kappa shape index (κ3) is 3.42. The number of nitrogens with two attached hydrogens (primary N) is 1. The van der Waals surface area contributed by atoms with Gasteiger partial charge in [0.25, 0.3) is 0 Å². The van der Waals surface area contributed by atoms with Crippen LogP contribution in [0.1, 0.15) is 19.3 Å². The van der Waals surface area contributed by atoms with Crippen LogP contribution in [0.15, 0.2) is 30.6 Å². The Bertz CT molecular complexity index is 578. The Balaban J connectivity index is 2.13. The van der Waals surface area contributed by atoms with Crippen LogP contribution in [-0.2, 0) is 11.8 Å². The number of rotatable bonds is 6. The largest absolute Gasteiger partial charge is 0.330 e. The molecule has 3 N–H and O–H groups in total. The number of nitrogens with zero attached hydrogens (tertiary/aromatic N) is 3. The van der Waals surface area contributed by atoms with E-state index in [1.54, 1.807) is 6.33 Å². The first-order chi connectivity index (χ1) is 9.72. The Kier molecular flexibility index (Phi) is 4.84. The lowest BCUT2D eigenvalue weighted by Gasteiger charge is -2.10. The SMILES string of the molecule is Cn1cnnc1-c1ccccc1NC(=O)CCCCN. The molecule has 0 fully saturated rings. The van der Waals surface area contributed by atoms with Crippen molar-refractivity contribution in [1.29, 1.82) is 0 Å². The van der Waals surface area contributed by atoms with Crippen molar-refractivity contribution < 1.29 is 4.79 Å². The van der Waals surface area contributed by atoms with Crippen LogP contribution in [0.4, 0.5) is 5.69 Å². The monoisotopic (exact) mass is 273 g/mol. The number of unbranched alkanes of at least 4 members (excludes halogenated alkanes) is 1. The highest BCUT2D eigenvalue weighted by molar-refractivity contribution is 5.94. The van der Waals surface area contributed by atoms with Gasteiger partial charge in [0.05, 0.1) is 5.69 Å². The molecule has 0 aliphatic rings. The fraction of sp³-hybridized carbons (Fsp3) is 0.357. The van der Waals surface area contributed by atoms with Crippen molar-refractivity contribution in [3.05, 3.63) is 30.6 Å². The molecule has 20 heavy (non-hydrogen) atoms. The van der Waals surface area contributed by atoms with E-state index in [4.69, 9.17) is 5.73 Å². The van der Waals surface area contributed by atoms with Crippen molar-refractivity contribution in [2.45, 2.75) is 19.3 Å². The number of nitrogens with one attached hydrogen (secondary N) is 1. The molecule has 0 bridgehead atoms. The Morgan fingerprint density at radius 3 is 2.85 bits per heavy atom. The Labute approximate surface area is 118 Å². The quantitative estimate of drug-likeness (QED) is 0.782. The van der Waals surface area contributed by atoms with E-state index in [-0.39, 0.29) is 5.91 Å². The molecule has 1 aromatic carbocycles. The first-order valence-electron chi connectivity index (χ1n) is 6.65. The van der Waals surface area contributed by atoms with Crippen molar-refractivity contribution >= 4 is 11.6 Å². The van der Waals surface area contributed by atoms with Gasteiger partial charge >= 0.3 is 0 Å². The standard InChI is InChI=1S/C14H19N5O/c1-19-10-16-18-14(19)11-6-2-3-7-12(11)17-13(20)8-4-5-9-15/h2-3,6-7,10H,4-5,8-9,15H2,1H3,(H,17,20). The van der Waals surface area contributed by atoms with E-state index >= 15 is 0 Å². The molecule has 6 nitrogen and oxygen atoms in total. The number of hydrogen-bond donors (Lipinski definition) is 2. The fourth-order valence-electron chi connectivity index (χ4n) is 1.96. The van der Waals surface area contributed by atoms with Crippen LogP contribution < -0.4 is 11.1 Å². The zero-order chi connectivity index (χ0) is 14.4. The third-order valence-electron chi connectivity index (χ3n) is 3.01. The van der Waals surface area contributed by atoms with Gasteiger partial charge in [-0.3, -0.25) is 4.79 Å². The van der Waals surface area contributed by atoms with Crippen molar-refractivity contribution in [1.82, 2.24) is 14.8 Å². The highest BCUT2D eigenvalue weighted by atomic mass is 16.1. The molecule has 1 amide bonds. The minimum atomic E-state index is -0.00642. The zero-order valence-electron chi connectivity index (χ0n) is 11.5. The minimum Gasteiger partial charge on any atom is -0.330 e. The summed E-state index contributed by atoms with van der Waals surface area (Å²) >= 11 is 0. The molecule has 1 aromatic heterocycles. The summed E-state index contributed by atoms with van der Waals surface area (Å²) in [5, 5.41) is 10.9. The second-order valence-electron chi connectivity index (χ2n) is 4.60. The average Bonchev–Trinajstić information content (AvgIpc) is 2.86. The third-order valence-corrected chi connectivity index (χ3v) is 3.01. The first-order valence-corrected chi connectivity index (χ1v) is 6.65. The molecular weight excluding hydrogens is 254 g/mol. The first kappa shape index (κ1) is 14.2. The van der Waals surface area contributed by atoms with Gasteiger partial charge in [-0.1, -0.05) is 12.1 Å². The zero-order valence-corrected chi connectivity index (χ0v) is 11.5. The Morgan fingerprint density at radius 1 is 1.35 bits per heavy atom. The maximum atomic E-state index is 11.9. The van der Waals surface area contributed by atoms with Gasteiger partial charge in [-0.2, -0.15) is 0 Å². The number of hydrogen-bond acceptors (Lipinski definition) is 4. The number of aromatic nitrogens is 3. The molecule has 0 atom stereocenters. The van der Waals surface area contributed by atoms with Gasteiger partial charge in [0.2, 0.25) is 5.91 Å². The van der Waals surface area contributed by atoms with Crippen LogP contribution in [0, 0.1) is 0 Å². The van der Waals surface area contributed by atoms with Gasteiger partial charge in [-0.15, -0.1) is 10.2 Å². The molecule has 2 rings (SSSR count). The number of benzene rings is 1. The van der Waals surface area contributed by atoms with Crippen molar-refractivity contribution in [2.24, 2.45) is 12.8 Å². The van der Waals surface area contributed by atoms with Crippen molar-refractivity contribution in [3.63, 3.8) is 0 Å².